The summed E-state index contributed by atoms with van der Waals surface area (Å²) in [6, 6.07) is 8.14. The molecule has 0 amide bonds. The number of nitrogens with one attached hydrogen (secondary N) is 2. The fraction of sp³-hybridized carbons (Fsp3) is 0.250. The molecule has 2 aromatic rings. The van der Waals surface area contributed by atoms with Gasteiger partial charge in [0.25, 0.3) is 5.56 Å². The van der Waals surface area contributed by atoms with Gasteiger partial charge in [0, 0.05) is 6.54 Å². The highest BCUT2D eigenvalue weighted by Gasteiger charge is 1.99. The Bertz CT molecular complexity index is 559. The van der Waals surface area contributed by atoms with Crippen LogP contribution >= 0.6 is 0 Å². The first-order chi connectivity index (χ1) is 8.15. The molecule has 0 saturated carbocycles. The molecule has 0 aliphatic rings. The van der Waals surface area contributed by atoms with Gasteiger partial charge in [-0.1, -0.05) is 29.8 Å². The number of aromatic nitrogens is 3. The topological polar surface area (TPSA) is 70.7 Å². The third-order valence-electron chi connectivity index (χ3n) is 2.44. The predicted octanol–water partition coefficient (Wildman–Crippen LogP) is 1.39. The first-order valence-electron chi connectivity index (χ1n) is 5.38. The molecule has 1 aromatic carbocycles. The zero-order chi connectivity index (χ0) is 12.3. The number of hydrogen-bond donors (Lipinski definition) is 2. The van der Waals surface area contributed by atoms with E-state index in [-0.39, 0.29) is 5.56 Å². The summed E-state index contributed by atoms with van der Waals surface area (Å²) >= 11 is 0. The molecule has 5 nitrogen and oxygen atoms in total. The quantitative estimate of drug-likeness (QED) is 0.836. The molecule has 0 atom stereocenters. The van der Waals surface area contributed by atoms with Crippen molar-refractivity contribution >= 4 is 5.95 Å². The molecule has 17 heavy (non-hydrogen) atoms. The van der Waals surface area contributed by atoms with Crippen molar-refractivity contribution in [1.29, 1.82) is 0 Å². The summed E-state index contributed by atoms with van der Waals surface area (Å²) < 4.78 is 0. The molecule has 0 spiro atoms. The van der Waals surface area contributed by atoms with Crippen LogP contribution in [0.4, 0.5) is 5.95 Å². The van der Waals surface area contributed by atoms with Crippen molar-refractivity contribution in [2.75, 3.05) is 5.32 Å². The molecule has 0 unspecified atom stereocenters. The summed E-state index contributed by atoms with van der Waals surface area (Å²) in [4.78, 5) is 13.9. The first kappa shape index (κ1) is 11.3. The Balaban J connectivity index is 2.04. The molecule has 0 aliphatic heterocycles. The summed E-state index contributed by atoms with van der Waals surface area (Å²) in [5, 5.41) is 10.6. The monoisotopic (exact) mass is 230 g/mol. The van der Waals surface area contributed by atoms with Gasteiger partial charge in [-0.25, -0.2) is 0 Å². The van der Waals surface area contributed by atoms with Crippen molar-refractivity contribution in [1.82, 2.24) is 15.2 Å². The largest absolute Gasteiger partial charge is 0.350 e. The smallest absolute Gasteiger partial charge is 0.273 e. The van der Waals surface area contributed by atoms with Crippen LogP contribution in [-0.4, -0.2) is 15.2 Å². The van der Waals surface area contributed by atoms with Crippen LogP contribution < -0.4 is 10.9 Å². The molecule has 5 heteroatoms. The van der Waals surface area contributed by atoms with Gasteiger partial charge < -0.3 is 5.32 Å². The molecule has 0 saturated heterocycles. The van der Waals surface area contributed by atoms with Crippen molar-refractivity contribution in [2.24, 2.45) is 0 Å². The molecule has 2 rings (SSSR count). The van der Waals surface area contributed by atoms with Crippen LogP contribution in [-0.2, 0) is 6.54 Å². The number of hydrogen-bond acceptors (Lipinski definition) is 4. The third-order valence-corrected chi connectivity index (χ3v) is 2.44. The van der Waals surface area contributed by atoms with Gasteiger partial charge in [-0.15, -0.1) is 10.2 Å². The Morgan fingerprint density at radius 1 is 1.18 bits per heavy atom. The second-order valence-corrected chi connectivity index (χ2v) is 3.93. The van der Waals surface area contributed by atoms with E-state index in [4.69, 9.17) is 0 Å². The Morgan fingerprint density at radius 3 is 2.53 bits per heavy atom. The number of rotatable bonds is 3. The summed E-state index contributed by atoms with van der Waals surface area (Å²) in [5.74, 6) is 0.390. The fourth-order valence-corrected chi connectivity index (χ4v) is 1.36. The van der Waals surface area contributed by atoms with Crippen molar-refractivity contribution in [3.8, 4) is 0 Å². The lowest BCUT2D eigenvalue weighted by Gasteiger charge is -2.05. The highest BCUT2D eigenvalue weighted by Crippen LogP contribution is 2.04. The van der Waals surface area contributed by atoms with E-state index in [1.165, 1.54) is 5.56 Å². The molecule has 2 N–H and O–H groups in total. The molecule has 0 bridgehead atoms. The number of aryl methyl sites for hydroxylation is 2. The minimum atomic E-state index is -0.216. The van der Waals surface area contributed by atoms with E-state index >= 15 is 0 Å². The standard InChI is InChI=1S/C12H14N4O/c1-8-3-5-10(6-4-8)7-13-12-14-11(17)9(2)15-16-12/h3-6H,7H2,1-2H3,(H2,13,14,16,17). The van der Waals surface area contributed by atoms with E-state index in [0.717, 1.165) is 5.56 Å². The fourth-order valence-electron chi connectivity index (χ4n) is 1.36. The zero-order valence-electron chi connectivity index (χ0n) is 9.82. The van der Waals surface area contributed by atoms with Crippen molar-refractivity contribution in [3.63, 3.8) is 0 Å². The van der Waals surface area contributed by atoms with E-state index in [2.05, 4.69) is 20.5 Å². The van der Waals surface area contributed by atoms with Crippen LogP contribution in [0.3, 0.4) is 0 Å². The number of anilines is 1. The Labute approximate surface area is 98.9 Å². The molecule has 1 aromatic heterocycles. The van der Waals surface area contributed by atoms with E-state index in [1.807, 2.05) is 31.2 Å². The minimum absolute atomic E-state index is 0.216. The lowest BCUT2D eigenvalue weighted by molar-refractivity contribution is 0.888. The van der Waals surface area contributed by atoms with Gasteiger partial charge in [-0.3, -0.25) is 9.78 Å². The van der Waals surface area contributed by atoms with Gasteiger partial charge in [0.1, 0.15) is 5.69 Å². The van der Waals surface area contributed by atoms with Gasteiger partial charge in [0.2, 0.25) is 5.95 Å². The maximum Gasteiger partial charge on any atom is 0.273 e. The molecule has 0 fully saturated rings. The molecule has 88 valence electrons. The van der Waals surface area contributed by atoms with Gasteiger partial charge in [-0.2, -0.15) is 0 Å². The number of nitrogens with zero attached hydrogens (tertiary/aromatic N) is 2. The average Bonchev–Trinajstić information content (AvgIpc) is 2.33. The van der Waals surface area contributed by atoms with Crippen molar-refractivity contribution < 1.29 is 0 Å². The third kappa shape index (κ3) is 2.90. The van der Waals surface area contributed by atoms with Gasteiger partial charge >= 0.3 is 0 Å². The second-order valence-electron chi connectivity index (χ2n) is 3.93. The molecular weight excluding hydrogens is 216 g/mol. The summed E-state index contributed by atoms with van der Waals surface area (Å²) in [7, 11) is 0. The van der Waals surface area contributed by atoms with Gasteiger partial charge in [0.15, 0.2) is 0 Å². The van der Waals surface area contributed by atoms with Gasteiger partial charge in [0.05, 0.1) is 0 Å². The van der Waals surface area contributed by atoms with Crippen molar-refractivity contribution in [2.45, 2.75) is 20.4 Å². The Hall–Kier alpha value is -2.17. The lowest BCUT2D eigenvalue weighted by Crippen LogP contribution is -2.16. The maximum atomic E-state index is 11.3. The predicted molar refractivity (Wildman–Crippen MR) is 65.9 cm³/mol. The molecule has 0 aliphatic carbocycles. The van der Waals surface area contributed by atoms with Gasteiger partial charge in [-0.05, 0) is 19.4 Å². The van der Waals surface area contributed by atoms with Crippen molar-refractivity contribution in [3.05, 3.63) is 51.4 Å². The normalized spacial score (nSPS) is 10.2. The minimum Gasteiger partial charge on any atom is -0.350 e. The van der Waals surface area contributed by atoms with Crippen LogP contribution in [0.15, 0.2) is 29.1 Å². The van der Waals surface area contributed by atoms with Crippen LogP contribution in [0, 0.1) is 13.8 Å². The Kier molecular flexibility index (Phi) is 3.18. The molecular formula is C12H14N4O. The highest BCUT2D eigenvalue weighted by molar-refractivity contribution is 5.27. The van der Waals surface area contributed by atoms with Crippen LogP contribution in [0.5, 0.6) is 0 Å². The van der Waals surface area contributed by atoms with E-state index in [1.54, 1.807) is 6.92 Å². The molecule has 0 radical (unpaired) electrons. The second kappa shape index (κ2) is 4.78. The summed E-state index contributed by atoms with van der Waals surface area (Å²) in [6.07, 6.45) is 0. The van der Waals surface area contributed by atoms with Crippen LogP contribution in [0.1, 0.15) is 16.8 Å². The van der Waals surface area contributed by atoms with E-state index in [9.17, 15) is 4.79 Å². The first-order valence-corrected chi connectivity index (χ1v) is 5.38. The maximum absolute atomic E-state index is 11.3. The number of H-pyrrole nitrogens is 1. The SMILES string of the molecule is Cc1ccc(CNc2nnc(C)c(=O)[nH]2)cc1. The highest BCUT2D eigenvalue weighted by atomic mass is 16.1. The average molecular weight is 230 g/mol. The summed E-state index contributed by atoms with van der Waals surface area (Å²) in [5.41, 5.74) is 2.49. The van der Waals surface area contributed by atoms with Crippen LogP contribution in [0.2, 0.25) is 0 Å². The van der Waals surface area contributed by atoms with E-state index < -0.39 is 0 Å². The summed E-state index contributed by atoms with van der Waals surface area (Å²) in [6.45, 7) is 4.27. The van der Waals surface area contributed by atoms with Crippen LogP contribution in [0.25, 0.3) is 0 Å². The number of benzene rings is 1. The molecule has 1 heterocycles. The number of aromatic amines is 1. The zero-order valence-corrected chi connectivity index (χ0v) is 9.82. The Morgan fingerprint density at radius 2 is 1.88 bits per heavy atom. The lowest BCUT2D eigenvalue weighted by atomic mass is 10.1. The van der Waals surface area contributed by atoms with E-state index in [0.29, 0.717) is 18.2 Å².